The number of carbonyl (C=O) groups excluding carboxylic acids is 1. The molecular formula is C19H24ClN3O3S2. The second-order valence-corrected chi connectivity index (χ2v) is 10.0. The maximum Gasteiger partial charge on any atom is 0.263 e. The Hall–Kier alpha value is -1.64. The SMILES string of the molecule is Cc1c(Cl)cccc1S(=O)(=O)Nc1nc(C(C)C(=O)NC2CCCCC2)cs1. The Morgan fingerprint density at radius 2 is 2.00 bits per heavy atom. The van der Waals surface area contributed by atoms with Gasteiger partial charge in [0.15, 0.2) is 5.13 Å². The zero-order valence-corrected chi connectivity index (χ0v) is 18.3. The zero-order chi connectivity index (χ0) is 20.3. The van der Waals surface area contributed by atoms with E-state index in [4.69, 9.17) is 11.6 Å². The van der Waals surface area contributed by atoms with Gasteiger partial charge in [0.1, 0.15) is 0 Å². The summed E-state index contributed by atoms with van der Waals surface area (Å²) in [4.78, 5) is 16.9. The fourth-order valence-corrected chi connectivity index (χ4v) is 5.84. The summed E-state index contributed by atoms with van der Waals surface area (Å²) in [6.07, 6.45) is 5.54. The van der Waals surface area contributed by atoms with Crippen molar-refractivity contribution in [3.63, 3.8) is 0 Å². The lowest BCUT2D eigenvalue weighted by atomic mass is 9.95. The second kappa shape index (κ2) is 8.80. The van der Waals surface area contributed by atoms with Gasteiger partial charge in [0.2, 0.25) is 5.91 Å². The minimum Gasteiger partial charge on any atom is -0.353 e. The molecule has 2 N–H and O–H groups in total. The van der Waals surface area contributed by atoms with Gasteiger partial charge in [0, 0.05) is 16.4 Å². The van der Waals surface area contributed by atoms with Crippen molar-refractivity contribution in [3.05, 3.63) is 39.9 Å². The summed E-state index contributed by atoms with van der Waals surface area (Å²) < 4.78 is 27.8. The van der Waals surface area contributed by atoms with E-state index in [2.05, 4.69) is 15.0 Å². The number of rotatable bonds is 6. The maximum absolute atomic E-state index is 12.7. The summed E-state index contributed by atoms with van der Waals surface area (Å²) in [5.74, 6) is -0.512. The van der Waals surface area contributed by atoms with E-state index in [1.807, 2.05) is 0 Å². The van der Waals surface area contributed by atoms with E-state index in [-0.39, 0.29) is 22.0 Å². The summed E-state index contributed by atoms with van der Waals surface area (Å²) in [6.45, 7) is 3.44. The van der Waals surface area contributed by atoms with Crippen LogP contribution in [0.15, 0.2) is 28.5 Å². The molecule has 1 aliphatic rings. The van der Waals surface area contributed by atoms with Crippen LogP contribution in [-0.2, 0) is 14.8 Å². The van der Waals surface area contributed by atoms with E-state index in [0.29, 0.717) is 16.3 Å². The molecule has 3 rings (SSSR count). The van der Waals surface area contributed by atoms with Crippen LogP contribution in [-0.4, -0.2) is 25.4 Å². The molecule has 1 aromatic carbocycles. The lowest BCUT2D eigenvalue weighted by Gasteiger charge is -2.24. The van der Waals surface area contributed by atoms with Crippen molar-refractivity contribution >= 4 is 44.0 Å². The number of benzene rings is 1. The molecule has 28 heavy (non-hydrogen) atoms. The summed E-state index contributed by atoms with van der Waals surface area (Å²) in [5, 5.41) is 5.42. The Labute approximate surface area is 174 Å². The van der Waals surface area contributed by atoms with Crippen LogP contribution < -0.4 is 10.0 Å². The number of thiazole rings is 1. The molecular weight excluding hydrogens is 418 g/mol. The number of amides is 1. The summed E-state index contributed by atoms with van der Waals surface area (Å²) in [7, 11) is -3.81. The van der Waals surface area contributed by atoms with Crippen molar-refractivity contribution in [2.45, 2.75) is 62.8 Å². The molecule has 1 unspecified atom stereocenters. The van der Waals surface area contributed by atoms with Crippen LogP contribution in [0.25, 0.3) is 0 Å². The summed E-state index contributed by atoms with van der Waals surface area (Å²) in [6, 6.07) is 4.96. The maximum atomic E-state index is 12.7. The minimum atomic E-state index is -3.81. The molecule has 1 aromatic heterocycles. The molecule has 6 nitrogen and oxygen atoms in total. The quantitative estimate of drug-likeness (QED) is 0.692. The van der Waals surface area contributed by atoms with Crippen molar-refractivity contribution in [3.8, 4) is 0 Å². The lowest BCUT2D eigenvalue weighted by Crippen LogP contribution is -2.38. The Balaban J connectivity index is 1.69. The zero-order valence-electron chi connectivity index (χ0n) is 15.9. The number of hydrogen-bond donors (Lipinski definition) is 2. The highest BCUT2D eigenvalue weighted by atomic mass is 35.5. The van der Waals surface area contributed by atoms with Crippen LogP contribution in [0.1, 0.15) is 56.2 Å². The second-order valence-electron chi connectivity index (χ2n) is 7.11. The molecule has 0 saturated heterocycles. The van der Waals surface area contributed by atoms with Crippen molar-refractivity contribution in [2.24, 2.45) is 0 Å². The van der Waals surface area contributed by atoms with Gasteiger partial charge in [-0.1, -0.05) is 36.9 Å². The number of hydrogen-bond acceptors (Lipinski definition) is 5. The number of aromatic nitrogens is 1. The highest BCUT2D eigenvalue weighted by Gasteiger charge is 2.24. The van der Waals surface area contributed by atoms with Gasteiger partial charge in [-0.05, 0) is 44.4 Å². The largest absolute Gasteiger partial charge is 0.353 e. The molecule has 0 spiro atoms. The first-order valence-corrected chi connectivity index (χ1v) is 12.1. The van der Waals surface area contributed by atoms with E-state index in [9.17, 15) is 13.2 Å². The predicted octanol–water partition coefficient (Wildman–Crippen LogP) is 4.46. The Morgan fingerprint density at radius 3 is 2.71 bits per heavy atom. The summed E-state index contributed by atoms with van der Waals surface area (Å²) in [5.41, 5.74) is 1.03. The van der Waals surface area contributed by atoms with Crippen LogP contribution in [0.2, 0.25) is 5.02 Å². The first kappa shape index (κ1) is 21.1. The fourth-order valence-electron chi connectivity index (χ4n) is 3.29. The van der Waals surface area contributed by atoms with Crippen LogP contribution >= 0.6 is 22.9 Å². The Bertz CT molecular complexity index is 953. The van der Waals surface area contributed by atoms with Gasteiger partial charge in [-0.15, -0.1) is 11.3 Å². The number of anilines is 1. The minimum absolute atomic E-state index is 0.0720. The van der Waals surface area contributed by atoms with Gasteiger partial charge in [-0.2, -0.15) is 0 Å². The number of sulfonamides is 1. The molecule has 9 heteroatoms. The van der Waals surface area contributed by atoms with Gasteiger partial charge in [0.05, 0.1) is 16.5 Å². The Kier molecular flexibility index (Phi) is 6.62. The molecule has 0 radical (unpaired) electrons. The monoisotopic (exact) mass is 441 g/mol. The summed E-state index contributed by atoms with van der Waals surface area (Å²) >= 11 is 7.19. The van der Waals surface area contributed by atoms with Crippen molar-refractivity contribution in [1.82, 2.24) is 10.3 Å². The molecule has 2 aromatic rings. The van der Waals surface area contributed by atoms with Gasteiger partial charge in [-0.25, -0.2) is 13.4 Å². The van der Waals surface area contributed by atoms with E-state index >= 15 is 0 Å². The molecule has 0 aliphatic heterocycles. The van der Waals surface area contributed by atoms with E-state index < -0.39 is 15.9 Å². The Morgan fingerprint density at radius 1 is 1.29 bits per heavy atom. The van der Waals surface area contributed by atoms with Crippen LogP contribution in [0.3, 0.4) is 0 Å². The number of carbonyl (C=O) groups is 1. The third kappa shape index (κ3) is 4.85. The number of nitrogens with one attached hydrogen (secondary N) is 2. The first-order valence-electron chi connectivity index (χ1n) is 9.31. The standard InChI is InChI=1S/C19H24ClN3O3S2/c1-12-15(20)9-6-10-17(12)28(25,26)23-19-22-16(11-27-19)13(2)18(24)21-14-7-4-3-5-8-14/h6,9-11,13-14H,3-5,7-8H2,1-2H3,(H,21,24)(H,22,23). The molecule has 1 saturated carbocycles. The molecule has 1 aliphatic carbocycles. The van der Waals surface area contributed by atoms with Gasteiger partial charge in [-0.3, -0.25) is 9.52 Å². The highest BCUT2D eigenvalue weighted by Crippen LogP contribution is 2.28. The van der Waals surface area contributed by atoms with E-state index in [1.54, 1.807) is 31.4 Å². The van der Waals surface area contributed by atoms with E-state index in [1.165, 1.54) is 12.5 Å². The van der Waals surface area contributed by atoms with E-state index in [0.717, 1.165) is 37.0 Å². The third-order valence-electron chi connectivity index (χ3n) is 5.04. The molecule has 1 heterocycles. The molecule has 0 bridgehead atoms. The third-order valence-corrected chi connectivity index (χ3v) is 7.84. The highest BCUT2D eigenvalue weighted by molar-refractivity contribution is 7.93. The van der Waals surface area contributed by atoms with Crippen molar-refractivity contribution in [2.75, 3.05) is 4.72 Å². The number of nitrogens with zero attached hydrogens (tertiary/aromatic N) is 1. The molecule has 1 fully saturated rings. The smallest absolute Gasteiger partial charge is 0.263 e. The van der Waals surface area contributed by atoms with Crippen LogP contribution in [0.5, 0.6) is 0 Å². The van der Waals surface area contributed by atoms with Crippen LogP contribution in [0.4, 0.5) is 5.13 Å². The molecule has 152 valence electrons. The van der Waals surface area contributed by atoms with Gasteiger partial charge in [0.25, 0.3) is 10.0 Å². The topological polar surface area (TPSA) is 88.2 Å². The van der Waals surface area contributed by atoms with Gasteiger partial charge < -0.3 is 5.32 Å². The van der Waals surface area contributed by atoms with Crippen molar-refractivity contribution in [1.29, 1.82) is 0 Å². The van der Waals surface area contributed by atoms with Crippen molar-refractivity contribution < 1.29 is 13.2 Å². The normalized spacial score (nSPS) is 16.5. The predicted molar refractivity (Wildman–Crippen MR) is 113 cm³/mol. The first-order chi connectivity index (χ1) is 13.3. The van der Waals surface area contributed by atoms with Crippen LogP contribution in [0, 0.1) is 6.92 Å². The number of halogens is 1. The fraction of sp³-hybridized carbons (Fsp3) is 0.474. The lowest BCUT2D eigenvalue weighted by molar-refractivity contribution is -0.123. The average molecular weight is 442 g/mol. The van der Waals surface area contributed by atoms with Gasteiger partial charge >= 0.3 is 0 Å². The molecule has 1 amide bonds. The average Bonchev–Trinajstić information content (AvgIpc) is 3.11. The molecule has 1 atom stereocenters.